The number of phenols is 2. The Labute approximate surface area is 194 Å². The molecule has 0 spiro atoms. The zero-order valence-corrected chi connectivity index (χ0v) is 19.3. The second-order valence-corrected chi connectivity index (χ2v) is 8.39. The molecule has 172 valence electrons. The summed E-state index contributed by atoms with van der Waals surface area (Å²) in [6, 6.07) is 12.4. The van der Waals surface area contributed by atoms with Gasteiger partial charge in [0.05, 0.1) is 18.5 Å². The van der Waals surface area contributed by atoms with Crippen molar-refractivity contribution in [2.24, 2.45) is 0 Å². The molecule has 1 saturated heterocycles. The molecule has 3 aromatic rings. The van der Waals surface area contributed by atoms with Gasteiger partial charge in [0, 0.05) is 43.4 Å². The third-order valence-corrected chi connectivity index (χ3v) is 5.68. The first-order valence-electron chi connectivity index (χ1n) is 11.1. The van der Waals surface area contributed by atoms with Crippen molar-refractivity contribution in [3.05, 3.63) is 59.7 Å². The third kappa shape index (κ3) is 5.26. The molecule has 4 rings (SSSR count). The number of benzene rings is 2. The van der Waals surface area contributed by atoms with E-state index < -0.39 is 0 Å². The fourth-order valence-corrected chi connectivity index (χ4v) is 3.84. The average Bonchev–Trinajstić information content (AvgIpc) is 2.83. The van der Waals surface area contributed by atoms with E-state index in [1.54, 1.807) is 25.3 Å². The molecule has 2 aromatic carbocycles. The van der Waals surface area contributed by atoms with E-state index in [0.717, 1.165) is 43.0 Å². The highest BCUT2D eigenvalue weighted by Crippen LogP contribution is 2.37. The number of nitrogens with zero attached hydrogens (tertiary/aromatic N) is 3. The van der Waals surface area contributed by atoms with Gasteiger partial charge in [-0.1, -0.05) is 11.6 Å². The Kier molecular flexibility index (Phi) is 6.79. The van der Waals surface area contributed by atoms with Crippen molar-refractivity contribution in [2.75, 3.05) is 38.2 Å². The number of aromatic hydroxyl groups is 2. The normalized spacial score (nSPS) is 13.6. The number of allylic oxidation sites excluding steroid dienone is 2. The van der Waals surface area contributed by atoms with Gasteiger partial charge in [-0.3, -0.25) is 0 Å². The van der Waals surface area contributed by atoms with E-state index in [1.807, 2.05) is 24.3 Å². The van der Waals surface area contributed by atoms with E-state index in [2.05, 4.69) is 30.1 Å². The van der Waals surface area contributed by atoms with Crippen LogP contribution in [0.3, 0.4) is 0 Å². The molecule has 0 saturated carbocycles. The molecule has 3 N–H and O–H groups in total. The average molecular weight is 447 g/mol. The molecule has 1 aromatic heterocycles. The second-order valence-electron chi connectivity index (χ2n) is 8.39. The predicted octanol–water partition coefficient (Wildman–Crippen LogP) is 4.15. The summed E-state index contributed by atoms with van der Waals surface area (Å²) in [4.78, 5) is 11.8. The Morgan fingerprint density at radius 2 is 1.73 bits per heavy atom. The summed E-state index contributed by atoms with van der Waals surface area (Å²) in [7, 11) is 1.61. The van der Waals surface area contributed by atoms with Crippen molar-refractivity contribution < 1.29 is 14.9 Å². The highest BCUT2D eigenvalue weighted by atomic mass is 16.5. The van der Waals surface area contributed by atoms with E-state index in [9.17, 15) is 10.2 Å². The lowest BCUT2D eigenvalue weighted by Gasteiger charge is -2.28. The maximum atomic E-state index is 10.9. The molecule has 0 amide bonds. The van der Waals surface area contributed by atoms with Gasteiger partial charge in [0.25, 0.3) is 0 Å². The lowest BCUT2D eigenvalue weighted by atomic mass is 10.0. The van der Waals surface area contributed by atoms with Crippen molar-refractivity contribution in [3.63, 3.8) is 0 Å². The summed E-state index contributed by atoms with van der Waals surface area (Å²) < 4.78 is 5.51. The summed E-state index contributed by atoms with van der Waals surface area (Å²) in [5, 5.41) is 23.9. The minimum Gasteiger partial charge on any atom is -0.508 e. The number of aromatic nitrogens is 2. The Morgan fingerprint density at radius 3 is 2.39 bits per heavy atom. The van der Waals surface area contributed by atoms with Crippen molar-refractivity contribution in [2.45, 2.75) is 20.3 Å². The van der Waals surface area contributed by atoms with Gasteiger partial charge >= 0.3 is 0 Å². The van der Waals surface area contributed by atoms with Crippen LogP contribution in [-0.4, -0.2) is 53.5 Å². The van der Waals surface area contributed by atoms with Crippen LogP contribution in [-0.2, 0) is 6.42 Å². The largest absolute Gasteiger partial charge is 0.508 e. The molecule has 0 bridgehead atoms. The lowest BCUT2D eigenvalue weighted by molar-refractivity contribution is 0.404. The number of hydrogen-bond acceptors (Lipinski definition) is 7. The number of phenolic OH excluding ortho intramolecular Hbond substituents is 2. The highest BCUT2D eigenvalue weighted by molar-refractivity contribution is 5.75. The molecule has 1 fully saturated rings. The molecule has 33 heavy (non-hydrogen) atoms. The van der Waals surface area contributed by atoms with Gasteiger partial charge in [-0.25, -0.2) is 9.97 Å². The first-order chi connectivity index (χ1) is 15.9. The maximum absolute atomic E-state index is 10.9. The Balaban J connectivity index is 1.85. The van der Waals surface area contributed by atoms with Crippen LogP contribution in [0, 0.1) is 0 Å². The van der Waals surface area contributed by atoms with Crippen LogP contribution in [0.1, 0.15) is 19.4 Å². The Morgan fingerprint density at radius 1 is 1.03 bits per heavy atom. The summed E-state index contributed by atoms with van der Waals surface area (Å²) in [5.74, 6) is 1.57. The van der Waals surface area contributed by atoms with Gasteiger partial charge in [-0.2, -0.15) is 0 Å². The van der Waals surface area contributed by atoms with Gasteiger partial charge in [-0.05, 0) is 62.2 Å². The maximum Gasteiger partial charge on any atom is 0.226 e. The lowest BCUT2D eigenvalue weighted by Crippen LogP contribution is -2.44. The Hall–Kier alpha value is -3.58. The number of anilines is 1. The minimum atomic E-state index is 0.106. The topological polar surface area (TPSA) is 90.7 Å². The summed E-state index contributed by atoms with van der Waals surface area (Å²) in [6.45, 7) is 7.45. The van der Waals surface area contributed by atoms with Gasteiger partial charge in [0.1, 0.15) is 17.2 Å². The van der Waals surface area contributed by atoms with Gasteiger partial charge in [0.15, 0.2) is 0 Å². The predicted molar refractivity (Wildman–Crippen MR) is 131 cm³/mol. The molecule has 2 heterocycles. The molecule has 7 nitrogen and oxygen atoms in total. The van der Waals surface area contributed by atoms with Gasteiger partial charge < -0.3 is 25.2 Å². The van der Waals surface area contributed by atoms with Crippen LogP contribution in [0.25, 0.3) is 22.5 Å². The quantitative estimate of drug-likeness (QED) is 0.490. The van der Waals surface area contributed by atoms with E-state index in [4.69, 9.17) is 14.7 Å². The molecule has 0 unspecified atom stereocenters. The van der Waals surface area contributed by atoms with Gasteiger partial charge in [-0.15, -0.1) is 0 Å². The molecular formula is C26H30N4O3. The molecule has 0 radical (unpaired) electrons. The number of methoxy groups -OCH3 is 1. The van der Waals surface area contributed by atoms with E-state index in [-0.39, 0.29) is 11.5 Å². The van der Waals surface area contributed by atoms with E-state index in [1.165, 1.54) is 5.57 Å². The van der Waals surface area contributed by atoms with Crippen LogP contribution in [0.2, 0.25) is 0 Å². The number of nitrogens with one attached hydrogen (secondary N) is 1. The zero-order chi connectivity index (χ0) is 23.4. The first-order valence-corrected chi connectivity index (χ1v) is 11.1. The van der Waals surface area contributed by atoms with Crippen molar-refractivity contribution in [1.29, 1.82) is 0 Å². The zero-order valence-electron chi connectivity index (χ0n) is 19.3. The first kappa shape index (κ1) is 22.6. The fourth-order valence-electron chi connectivity index (χ4n) is 3.84. The molecule has 0 atom stereocenters. The van der Waals surface area contributed by atoms with Gasteiger partial charge in [0.2, 0.25) is 5.95 Å². The monoisotopic (exact) mass is 446 g/mol. The van der Waals surface area contributed by atoms with E-state index >= 15 is 0 Å². The standard InChI is InChI=1S/C26H30N4O3/c1-17(2)4-5-19-14-21(24(32)16-25(19)33-3)23-15-22(18-6-8-20(31)9-7-18)28-26(29-23)30-12-10-27-11-13-30/h4,6-9,14-16,27,31-32H,5,10-13H2,1-3H3. The van der Waals surface area contributed by atoms with Crippen LogP contribution in [0.4, 0.5) is 5.95 Å². The highest BCUT2D eigenvalue weighted by Gasteiger charge is 2.19. The molecular weight excluding hydrogens is 416 g/mol. The number of ether oxygens (including phenoxy) is 1. The minimum absolute atomic E-state index is 0.106. The van der Waals surface area contributed by atoms with Crippen molar-refractivity contribution >= 4 is 5.95 Å². The number of piperazine rings is 1. The van der Waals surface area contributed by atoms with E-state index in [0.29, 0.717) is 29.4 Å². The smallest absolute Gasteiger partial charge is 0.226 e. The molecule has 1 aliphatic heterocycles. The van der Waals surface area contributed by atoms with Crippen LogP contribution in [0.15, 0.2) is 54.1 Å². The summed E-state index contributed by atoms with van der Waals surface area (Å²) in [5.41, 5.74) is 5.05. The fraction of sp³-hybridized carbons (Fsp3) is 0.308. The molecule has 0 aliphatic carbocycles. The molecule has 7 heteroatoms. The Bertz CT molecular complexity index is 1150. The second kappa shape index (κ2) is 9.92. The number of rotatable bonds is 6. The van der Waals surface area contributed by atoms with Crippen molar-refractivity contribution in [3.8, 4) is 39.8 Å². The summed E-state index contributed by atoms with van der Waals surface area (Å²) in [6.07, 6.45) is 2.83. The van der Waals surface area contributed by atoms with Crippen LogP contribution < -0.4 is 15.0 Å². The SMILES string of the molecule is COc1cc(O)c(-c2cc(-c3ccc(O)cc3)nc(N3CCNCC3)n2)cc1CC=C(C)C. The third-order valence-electron chi connectivity index (χ3n) is 5.68. The molecule has 1 aliphatic rings. The van der Waals surface area contributed by atoms with Crippen molar-refractivity contribution in [1.82, 2.24) is 15.3 Å². The summed E-state index contributed by atoms with van der Waals surface area (Å²) >= 11 is 0. The number of hydrogen-bond donors (Lipinski definition) is 3. The van der Waals surface area contributed by atoms with Crippen LogP contribution in [0.5, 0.6) is 17.2 Å². The van der Waals surface area contributed by atoms with Crippen LogP contribution >= 0.6 is 0 Å².